The van der Waals surface area contributed by atoms with Gasteiger partial charge in [-0.05, 0) is 44.6 Å². The van der Waals surface area contributed by atoms with Crippen LogP contribution in [0.25, 0.3) is 0 Å². The molecule has 4 heteroatoms. The van der Waals surface area contributed by atoms with Crippen LogP contribution in [-0.2, 0) is 0 Å². The van der Waals surface area contributed by atoms with Crippen molar-refractivity contribution in [2.24, 2.45) is 0 Å². The van der Waals surface area contributed by atoms with Crippen molar-refractivity contribution < 1.29 is 8.78 Å². The zero-order chi connectivity index (χ0) is 8.43. The number of rotatable bonds is 1. The van der Waals surface area contributed by atoms with Crippen LogP contribution in [0.15, 0.2) is 22.7 Å². The molecule has 0 nitrogen and oxygen atoms in total. The first-order chi connectivity index (χ1) is 5.13. The van der Waals surface area contributed by atoms with Crippen molar-refractivity contribution in [1.29, 1.82) is 0 Å². The van der Waals surface area contributed by atoms with Crippen molar-refractivity contribution in [1.82, 2.24) is 0 Å². The predicted octanol–water partition coefficient (Wildman–Crippen LogP) is 3.99. The Morgan fingerprint density at radius 2 is 2.00 bits per heavy atom. The molecule has 1 aromatic carbocycles. The lowest BCUT2D eigenvalue weighted by molar-refractivity contribution is 0.150. The second-order valence-corrected chi connectivity index (χ2v) is 3.88. The van der Waals surface area contributed by atoms with Gasteiger partial charge < -0.3 is 0 Å². The summed E-state index contributed by atoms with van der Waals surface area (Å²) in [6, 6.07) is 4.78. The Bertz CT molecular complexity index is 263. The molecule has 1 rings (SSSR count). The summed E-state index contributed by atoms with van der Waals surface area (Å²) in [4.78, 5) is 0. The van der Waals surface area contributed by atoms with Crippen molar-refractivity contribution in [3.63, 3.8) is 0 Å². The van der Waals surface area contributed by atoms with Crippen LogP contribution in [0.2, 0.25) is 0 Å². The molecule has 11 heavy (non-hydrogen) atoms. The highest BCUT2D eigenvalue weighted by atomic mass is 127. The largest absolute Gasteiger partial charge is 0.264 e. The molecule has 0 atom stereocenters. The molecule has 0 heterocycles. The van der Waals surface area contributed by atoms with Crippen LogP contribution in [0, 0.1) is 3.57 Å². The van der Waals surface area contributed by atoms with E-state index >= 15 is 0 Å². The lowest BCUT2D eigenvalue weighted by Gasteiger charge is -2.03. The van der Waals surface area contributed by atoms with Crippen LogP contribution < -0.4 is 0 Å². The molecular formula is C7H4BrF2I. The summed E-state index contributed by atoms with van der Waals surface area (Å²) in [6.07, 6.45) is -2.39. The molecule has 0 aliphatic heterocycles. The van der Waals surface area contributed by atoms with Crippen molar-refractivity contribution >= 4 is 38.5 Å². The summed E-state index contributed by atoms with van der Waals surface area (Å²) in [5, 5.41) is 0. The summed E-state index contributed by atoms with van der Waals surface area (Å²) in [7, 11) is 0. The van der Waals surface area contributed by atoms with Gasteiger partial charge in [-0.25, -0.2) is 8.78 Å². The van der Waals surface area contributed by atoms with Crippen molar-refractivity contribution in [2.75, 3.05) is 0 Å². The van der Waals surface area contributed by atoms with Crippen LogP contribution in [0.5, 0.6) is 0 Å². The van der Waals surface area contributed by atoms with Crippen LogP contribution in [0.3, 0.4) is 0 Å². The monoisotopic (exact) mass is 332 g/mol. The average Bonchev–Trinajstić information content (AvgIpc) is 1.94. The van der Waals surface area contributed by atoms with Gasteiger partial charge >= 0.3 is 0 Å². The third kappa shape index (κ3) is 2.11. The fourth-order valence-electron chi connectivity index (χ4n) is 0.689. The normalized spacial score (nSPS) is 10.6. The number of halogens is 4. The van der Waals surface area contributed by atoms with Gasteiger partial charge in [0.1, 0.15) is 0 Å². The van der Waals surface area contributed by atoms with Gasteiger partial charge in [-0.2, -0.15) is 0 Å². The van der Waals surface area contributed by atoms with Gasteiger partial charge in [0, 0.05) is 13.6 Å². The van der Waals surface area contributed by atoms with E-state index in [1.807, 2.05) is 22.6 Å². The minimum Gasteiger partial charge on any atom is -0.205 e. The summed E-state index contributed by atoms with van der Waals surface area (Å²) in [5.41, 5.74) is 0.0833. The SMILES string of the molecule is FC(F)c1cccc(Br)c1I. The average molecular weight is 333 g/mol. The molecule has 0 radical (unpaired) electrons. The third-order valence-electron chi connectivity index (χ3n) is 1.22. The van der Waals surface area contributed by atoms with E-state index in [2.05, 4.69) is 15.9 Å². The standard InChI is InChI=1S/C7H4BrF2I/c8-5-3-1-2-4(6(5)11)7(9)10/h1-3,7H. The second kappa shape index (κ2) is 3.80. The molecule has 0 saturated heterocycles. The lowest BCUT2D eigenvalue weighted by atomic mass is 10.2. The Morgan fingerprint density at radius 1 is 1.36 bits per heavy atom. The van der Waals surface area contributed by atoms with E-state index in [-0.39, 0.29) is 5.56 Å². The fourth-order valence-corrected chi connectivity index (χ4v) is 1.67. The summed E-state index contributed by atoms with van der Waals surface area (Å²) >= 11 is 5.07. The smallest absolute Gasteiger partial charge is 0.205 e. The van der Waals surface area contributed by atoms with E-state index in [4.69, 9.17) is 0 Å². The Kier molecular flexibility index (Phi) is 3.24. The van der Waals surface area contributed by atoms with Gasteiger partial charge in [0.2, 0.25) is 0 Å². The number of alkyl halides is 2. The molecule has 0 amide bonds. The molecular weight excluding hydrogens is 329 g/mol. The molecule has 0 N–H and O–H groups in total. The maximum absolute atomic E-state index is 12.2. The Hall–Kier alpha value is 0.290. The molecule has 0 unspecified atom stereocenters. The third-order valence-corrected chi connectivity index (χ3v) is 3.82. The van der Waals surface area contributed by atoms with E-state index < -0.39 is 6.43 Å². The fraction of sp³-hybridized carbons (Fsp3) is 0.143. The van der Waals surface area contributed by atoms with Crippen LogP contribution in [0.1, 0.15) is 12.0 Å². The second-order valence-electron chi connectivity index (χ2n) is 1.94. The van der Waals surface area contributed by atoms with E-state index in [1.165, 1.54) is 6.07 Å². The van der Waals surface area contributed by atoms with Gasteiger partial charge in [0.15, 0.2) is 0 Å². The molecule has 0 saturated carbocycles. The number of benzene rings is 1. The maximum Gasteiger partial charge on any atom is 0.264 e. The topological polar surface area (TPSA) is 0 Å². The van der Waals surface area contributed by atoms with Gasteiger partial charge in [-0.1, -0.05) is 12.1 Å². The van der Waals surface area contributed by atoms with Gasteiger partial charge in [-0.3, -0.25) is 0 Å². The highest BCUT2D eigenvalue weighted by Crippen LogP contribution is 2.29. The minimum absolute atomic E-state index is 0.0833. The zero-order valence-corrected chi connectivity index (χ0v) is 9.06. The first-order valence-electron chi connectivity index (χ1n) is 2.85. The minimum atomic E-state index is -2.39. The first kappa shape index (κ1) is 9.38. The molecule has 60 valence electrons. The molecule has 0 aliphatic rings. The first-order valence-corrected chi connectivity index (χ1v) is 4.72. The Morgan fingerprint density at radius 3 is 2.45 bits per heavy atom. The van der Waals surface area contributed by atoms with Gasteiger partial charge in [0.25, 0.3) is 6.43 Å². The quantitative estimate of drug-likeness (QED) is 0.682. The van der Waals surface area contributed by atoms with E-state index in [9.17, 15) is 8.78 Å². The predicted molar refractivity (Wildman–Crippen MR) is 51.8 cm³/mol. The highest BCUT2D eigenvalue weighted by molar-refractivity contribution is 14.1. The highest BCUT2D eigenvalue weighted by Gasteiger charge is 2.12. The van der Waals surface area contributed by atoms with E-state index in [0.29, 0.717) is 3.57 Å². The molecule has 1 aromatic rings. The molecule has 0 bridgehead atoms. The number of hydrogen-bond acceptors (Lipinski definition) is 0. The lowest BCUT2D eigenvalue weighted by Crippen LogP contribution is -1.88. The maximum atomic E-state index is 12.2. The number of hydrogen-bond donors (Lipinski definition) is 0. The van der Waals surface area contributed by atoms with E-state index in [0.717, 1.165) is 4.47 Å². The van der Waals surface area contributed by atoms with Gasteiger partial charge in [0.05, 0.1) is 0 Å². The van der Waals surface area contributed by atoms with Crippen LogP contribution in [-0.4, -0.2) is 0 Å². The van der Waals surface area contributed by atoms with Crippen LogP contribution in [0.4, 0.5) is 8.78 Å². The summed E-state index contributed by atoms with van der Waals surface area (Å²) < 4.78 is 25.7. The van der Waals surface area contributed by atoms with Crippen molar-refractivity contribution in [3.05, 3.63) is 31.8 Å². The van der Waals surface area contributed by atoms with E-state index in [1.54, 1.807) is 12.1 Å². The van der Waals surface area contributed by atoms with Crippen LogP contribution >= 0.6 is 38.5 Å². The molecule has 0 fully saturated rings. The Balaban J connectivity index is 3.17. The molecule has 0 spiro atoms. The molecule has 0 aliphatic carbocycles. The van der Waals surface area contributed by atoms with Crippen molar-refractivity contribution in [3.8, 4) is 0 Å². The molecule has 0 aromatic heterocycles. The summed E-state index contributed by atoms with van der Waals surface area (Å²) in [6.45, 7) is 0. The van der Waals surface area contributed by atoms with Crippen molar-refractivity contribution in [2.45, 2.75) is 6.43 Å². The van der Waals surface area contributed by atoms with Gasteiger partial charge in [-0.15, -0.1) is 0 Å². The summed E-state index contributed by atoms with van der Waals surface area (Å²) in [5.74, 6) is 0. The zero-order valence-electron chi connectivity index (χ0n) is 5.32. The Labute approximate surface area is 85.3 Å².